The highest BCUT2D eigenvalue weighted by molar-refractivity contribution is 5.46. The largest absolute Gasteiger partial charge is 0.382 e. The lowest BCUT2D eigenvalue weighted by molar-refractivity contribution is 0.0617. The minimum Gasteiger partial charge on any atom is -0.382 e. The van der Waals surface area contributed by atoms with E-state index >= 15 is 0 Å². The SMILES string of the molecule is COCCOCc1cccc(NC2CCCC(C)C2)c1. The lowest BCUT2D eigenvalue weighted by Gasteiger charge is -2.28. The summed E-state index contributed by atoms with van der Waals surface area (Å²) in [4.78, 5) is 0. The second kappa shape index (κ2) is 8.28. The highest BCUT2D eigenvalue weighted by Gasteiger charge is 2.18. The molecule has 0 radical (unpaired) electrons. The van der Waals surface area contributed by atoms with Crippen LogP contribution in [0.2, 0.25) is 0 Å². The van der Waals surface area contributed by atoms with Crippen LogP contribution in [0.5, 0.6) is 0 Å². The van der Waals surface area contributed by atoms with Crippen molar-refractivity contribution in [2.75, 3.05) is 25.6 Å². The Hall–Kier alpha value is -1.06. The second-order valence-electron chi connectivity index (χ2n) is 5.86. The Bertz CT molecular complexity index is 394. The molecular weight excluding hydrogens is 250 g/mol. The first-order valence-electron chi connectivity index (χ1n) is 7.70. The standard InChI is InChI=1S/C17H27NO2/c1-14-5-3-7-16(11-14)18-17-8-4-6-15(12-17)13-20-10-9-19-2/h4,6,8,12,14,16,18H,3,5,7,9-11,13H2,1-2H3. The van der Waals surface area contributed by atoms with Crippen molar-refractivity contribution in [3.63, 3.8) is 0 Å². The zero-order valence-corrected chi connectivity index (χ0v) is 12.7. The topological polar surface area (TPSA) is 30.5 Å². The van der Waals surface area contributed by atoms with Gasteiger partial charge in [0.25, 0.3) is 0 Å². The average molecular weight is 277 g/mol. The molecule has 0 amide bonds. The molecule has 1 aromatic carbocycles. The van der Waals surface area contributed by atoms with Crippen molar-refractivity contribution in [2.45, 2.75) is 45.3 Å². The number of rotatable bonds is 7. The predicted molar refractivity (Wildman–Crippen MR) is 83.0 cm³/mol. The van der Waals surface area contributed by atoms with Crippen LogP contribution < -0.4 is 5.32 Å². The quantitative estimate of drug-likeness (QED) is 0.768. The van der Waals surface area contributed by atoms with E-state index in [-0.39, 0.29) is 0 Å². The van der Waals surface area contributed by atoms with Gasteiger partial charge in [0.2, 0.25) is 0 Å². The van der Waals surface area contributed by atoms with Crippen molar-refractivity contribution in [3.8, 4) is 0 Å². The van der Waals surface area contributed by atoms with Gasteiger partial charge in [-0.2, -0.15) is 0 Å². The van der Waals surface area contributed by atoms with Gasteiger partial charge in [0.1, 0.15) is 0 Å². The van der Waals surface area contributed by atoms with Crippen molar-refractivity contribution in [2.24, 2.45) is 5.92 Å². The Morgan fingerprint density at radius 1 is 1.25 bits per heavy atom. The molecule has 112 valence electrons. The van der Waals surface area contributed by atoms with Crippen LogP contribution >= 0.6 is 0 Å². The van der Waals surface area contributed by atoms with E-state index in [0.717, 1.165) is 5.92 Å². The van der Waals surface area contributed by atoms with Crippen LogP contribution in [0.1, 0.15) is 38.2 Å². The summed E-state index contributed by atoms with van der Waals surface area (Å²) in [6.07, 6.45) is 5.30. The molecule has 3 nitrogen and oxygen atoms in total. The van der Waals surface area contributed by atoms with Gasteiger partial charge in [-0.3, -0.25) is 0 Å². The molecule has 2 rings (SSSR count). The molecule has 1 aliphatic carbocycles. The molecule has 3 heteroatoms. The monoisotopic (exact) mass is 277 g/mol. The maximum atomic E-state index is 5.57. The van der Waals surface area contributed by atoms with Crippen LogP contribution in [0.3, 0.4) is 0 Å². The minimum absolute atomic E-state index is 0.628. The van der Waals surface area contributed by atoms with Gasteiger partial charge < -0.3 is 14.8 Å². The van der Waals surface area contributed by atoms with E-state index in [1.807, 2.05) is 0 Å². The molecule has 1 aliphatic rings. The number of methoxy groups -OCH3 is 1. The zero-order valence-electron chi connectivity index (χ0n) is 12.7. The highest BCUT2D eigenvalue weighted by atomic mass is 16.5. The number of anilines is 1. The molecule has 0 aromatic heterocycles. The number of hydrogen-bond donors (Lipinski definition) is 1. The lowest BCUT2D eigenvalue weighted by atomic mass is 9.87. The molecular formula is C17H27NO2. The molecule has 1 aromatic rings. The van der Waals surface area contributed by atoms with Gasteiger partial charge in [0, 0.05) is 18.8 Å². The Morgan fingerprint density at radius 3 is 2.95 bits per heavy atom. The van der Waals surface area contributed by atoms with Crippen molar-refractivity contribution < 1.29 is 9.47 Å². The van der Waals surface area contributed by atoms with Crippen LogP contribution in [-0.4, -0.2) is 26.4 Å². The predicted octanol–water partition coefficient (Wildman–Crippen LogP) is 3.84. The fourth-order valence-corrected chi connectivity index (χ4v) is 2.88. The van der Waals surface area contributed by atoms with Crippen LogP contribution in [-0.2, 0) is 16.1 Å². The highest BCUT2D eigenvalue weighted by Crippen LogP contribution is 2.26. The first-order chi connectivity index (χ1) is 9.78. The molecule has 1 saturated carbocycles. The fourth-order valence-electron chi connectivity index (χ4n) is 2.88. The first-order valence-corrected chi connectivity index (χ1v) is 7.70. The fraction of sp³-hybridized carbons (Fsp3) is 0.647. The van der Waals surface area contributed by atoms with E-state index in [2.05, 4.69) is 36.5 Å². The van der Waals surface area contributed by atoms with Crippen molar-refractivity contribution >= 4 is 5.69 Å². The summed E-state index contributed by atoms with van der Waals surface area (Å²) in [5, 5.41) is 3.67. The molecule has 2 atom stereocenters. The summed E-state index contributed by atoms with van der Waals surface area (Å²) in [6, 6.07) is 9.19. The molecule has 0 bridgehead atoms. The van der Waals surface area contributed by atoms with Gasteiger partial charge in [0.15, 0.2) is 0 Å². The van der Waals surface area contributed by atoms with E-state index in [1.54, 1.807) is 7.11 Å². The molecule has 0 aliphatic heterocycles. The van der Waals surface area contributed by atoms with E-state index in [9.17, 15) is 0 Å². The summed E-state index contributed by atoms with van der Waals surface area (Å²) >= 11 is 0. The zero-order chi connectivity index (χ0) is 14.2. The second-order valence-corrected chi connectivity index (χ2v) is 5.86. The molecule has 20 heavy (non-hydrogen) atoms. The summed E-state index contributed by atoms with van der Waals surface area (Å²) < 4.78 is 10.5. The van der Waals surface area contributed by atoms with Gasteiger partial charge in [-0.25, -0.2) is 0 Å². The Kier molecular flexibility index (Phi) is 6.34. The number of hydrogen-bond acceptors (Lipinski definition) is 3. The maximum absolute atomic E-state index is 5.57. The van der Waals surface area contributed by atoms with Gasteiger partial charge in [-0.05, 0) is 36.5 Å². The van der Waals surface area contributed by atoms with Crippen LogP contribution in [0.4, 0.5) is 5.69 Å². The van der Waals surface area contributed by atoms with Gasteiger partial charge in [-0.15, -0.1) is 0 Å². The van der Waals surface area contributed by atoms with Crippen LogP contribution in [0.25, 0.3) is 0 Å². The molecule has 0 heterocycles. The summed E-state index contributed by atoms with van der Waals surface area (Å²) in [5.74, 6) is 0.849. The molecule has 0 saturated heterocycles. The third kappa shape index (κ3) is 5.14. The van der Waals surface area contributed by atoms with Gasteiger partial charge in [0.05, 0.1) is 19.8 Å². The Morgan fingerprint density at radius 2 is 2.15 bits per heavy atom. The van der Waals surface area contributed by atoms with Crippen molar-refractivity contribution in [1.82, 2.24) is 0 Å². The number of ether oxygens (including phenoxy) is 2. The van der Waals surface area contributed by atoms with Crippen molar-refractivity contribution in [1.29, 1.82) is 0 Å². The minimum atomic E-state index is 0.628. The van der Waals surface area contributed by atoms with Crippen LogP contribution in [0, 0.1) is 5.92 Å². The average Bonchev–Trinajstić information content (AvgIpc) is 2.44. The van der Waals surface area contributed by atoms with E-state index < -0.39 is 0 Å². The smallest absolute Gasteiger partial charge is 0.0718 e. The normalized spacial score (nSPS) is 22.7. The number of benzene rings is 1. The van der Waals surface area contributed by atoms with Crippen molar-refractivity contribution in [3.05, 3.63) is 29.8 Å². The van der Waals surface area contributed by atoms with Gasteiger partial charge >= 0.3 is 0 Å². The van der Waals surface area contributed by atoms with Gasteiger partial charge in [-0.1, -0.05) is 31.9 Å². The molecule has 1 N–H and O–H groups in total. The summed E-state index contributed by atoms with van der Waals surface area (Å²) in [6.45, 7) is 4.31. The summed E-state index contributed by atoms with van der Waals surface area (Å²) in [5.41, 5.74) is 2.44. The van der Waals surface area contributed by atoms with E-state index in [4.69, 9.17) is 9.47 Å². The molecule has 1 fully saturated rings. The lowest BCUT2D eigenvalue weighted by Crippen LogP contribution is -2.26. The Labute approximate surface area is 122 Å². The van der Waals surface area contributed by atoms with Crippen LogP contribution in [0.15, 0.2) is 24.3 Å². The molecule has 0 spiro atoms. The van der Waals surface area contributed by atoms with E-state index in [1.165, 1.54) is 36.9 Å². The summed E-state index contributed by atoms with van der Waals surface area (Å²) in [7, 11) is 1.69. The third-order valence-electron chi connectivity index (χ3n) is 3.93. The maximum Gasteiger partial charge on any atom is 0.0718 e. The first kappa shape index (κ1) is 15.3. The third-order valence-corrected chi connectivity index (χ3v) is 3.93. The Balaban J connectivity index is 1.82. The molecule has 2 unspecified atom stereocenters. The van der Waals surface area contributed by atoms with E-state index in [0.29, 0.717) is 25.9 Å². The number of nitrogens with one attached hydrogen (secondary N) is 1.